The zero-order valence-corrected chi connectivity index (χ0v) is 18.8. The van der Waals surface area contributed by atoms with E-state index in [2.05, 4.69) is 81.2 Å². The molecule has 3 rings (SSSR count). The summed E-state index contributed by atoms with van der Waals surface area (Å²) < 4.78 is 0. The van der Waals surface area contributed by atoms with Crippen molar-refractivity contribution in [2.45, 2.75) is 26.8 Å². The Labute approximate surface area is 190 Å². The largest absolute Gasteiger partial charge is 0.478 e. The quantitative estimate of drug-likeness (QED) is 0.374. The summed E-state index contributed by atoms with van der Waals surface area (Å²) in [5.41, 5.74) is 5.78. The van der Waals surface area contributed by atoms with E-state index in [4.69, 9.17) is 0 Å². The van der Waals surface area contributed by atoms with Gasteiger partial charge in [-0.3, -0.25) is 0 Å². The Kier molecular flexibility index (Phi) is 7.45. The van der Waals surface area contributed by atoms with Crippen molar-refractivity contribution in [2.75, 3.05) is 0 Å². The van der Waals surface area contributed by atoms with Crippen LogP contribution in [0.3, 0.4) is 0 Å². The van der Waals surface area contributed by atoms with Crippen molar-refractivity contribution in [3.8, 4) is 0 Å². The van der Waals surface area contributed by atoms with E-state index < -0.39 is 5.97 Å². The standard InChI is InChI=1S/C29H29NO2/c1-5-6-7-11-20(2)28(30-22(4)23-16-18-25(19-17-23)29(31)32)21(3)26-15-10-13-24-12-8-9-14-27(24)26/h5-19,22,30H,1H2,2-4H3,(H,31,32)/b7-6-,20-11+,28-21+. The number of nitrogens with one attached hydrogen (secondary N) is 1. The molecule has 0 aromatic heterocycles. The number of carbonyl (C=O) groups is 1. The minimum atomic E-state index is -0.919. The van der Waals surface area contributed by atoms with E-state index >= 15 is 0 Å². The molecule has 32 heavy (non-hydrogen) atoms. The van der Waals surface area contributed by atoms with Crippen LogP contribution in [0.25, 0.3) is 16.3 Å². The van der Waals surface area contributed by atoms with E-state index in [0.29, 0.717) is 0 Å². The summed E-state index contributed by atoms with van der Waals surface area (Å²) in [6.07, 6.45) is 7.71. The Morgan fingerprint density at radius 1 is 0.969 bits per heavy atom. The predicted octanol–water partition coefficient (Wildman–Crippen LogP) is 7.31. The molecule has 0 spiro atoms. The second-order valence-electron chi connectivity index (χ2n) is 7.79. The Hall–Kier alpha value is -3.85. The van der Waals surface area contributed by atoms with Gasteiger partial charge in [-0.05, 0) is 65.9 Å². The molecule has 3 heteroatoms. The average molecular weight is 424 g/mol. The Morgan fingerprint density at radius 2 is 1.66 bits per heavy atom. The zero-order chi connectivity index (χ0) is 23.1. The number of carboxylic acid groups (broad SMARTS) is 1. The molecule has 0 amide bonds. The maximum absolute atomic E-state index is 11.2. The Morgan fingerprint density at radius 3 is 2.34 bits per heavy atom. The molecule has 2 N–H and O–H groups in total. The van der Waals surface area contributed by atoms with Gasteiger partial charge in [-0.2, -0.15) is 0 Å². The molecule has 3 nitrogen and oxygen atoms in total. The van der Waals surface area contributed by atoms with Crippen LogP contribution in [0, 0.1) is 0 Å². The van der Waals surface area contributed by atoms with Gasteiger partial charge in [0.25, 0.3) is 0 Å². The van der Waals surface area contributed by atoms with Crippen molar-refractivity contribution in [1.29, 1.82) is 0 Å². The lowest BCUT2D eigenvalue weighted by molar-refractivity contribution is 0.0697. The van der Waals surface area contributed by atoms with Gasteiger partial charge in [0.1, 0.15) is 0 Å². The first-order chi connectivity index (χ1) is 15.4. The zero-order valence-electron chi connectivity index (χ0n) is 18.8. The van der Waals surface area contributed by atoms with Gasteiger partial charge in [0, 0.05) is 11.7 Å². The molecule has 3 aromatic rings. The van der Waals surface area contributed by atoms with Crippen molar-refractivity contribution in [2.24, 2.45) is 0 Å². The highest BCUT2D eigenvalue weighted by Gasteiger charge is 2.14. The first-order valence-corrected chi connectivity index (χ1v) is 10.7. The van der Waals surface area contributed by atoms with Crippen LogP contribution in [0.15, 0.2) is 109 Å². The van der Waals surface area contributed by atoms with Crippen LogP contribution in [-0.2, 0) is 0 Å². The number of benzene rings is 3. The van der Waals surface area contributed by atoms with Gasteiger partial charge in [0.05, 0.1) is 5.56 Å². The van der Waals surface area contributed by atoms with Gasteiger partial charge < -0.3 is 10.4 Å². The van der Waals surface area contributed by atoms with Crippen molar-refractivity contribution < 1.29 is 9.90 Å². The number of allylic oxidation sites excluding steroid dienone is 6. The lowest BCUT2D eigenvalue weighted by Crippen LogP contribution is -2.20. The topological polar surface area (TPSA) is 49.3 Å². The second kappa shape index (κ2) is 10.5. The number of aromatic carboxylic acids is 1. The highest BCUT2D eigenvalue weighted by atomic mass is 16.4. The molecule has 3 aromatic carbocycles. The number of hydrogen-bond acceptors (Lipinski definition) is 2. The van der Waals surface area contributed by atoms with E-state index in [-0.39, 0.29) is 11.6 Å². The van der Waals surface area contributed by atoms with Crippen molar-refractivity contribution in [1.82, 2.24) is 5.32 Å². The SMILES string of the molecule is C=C\C=C/C=C(C)/C(NC(C)c1ccc(C(=O)O)cc1)=C(/C)c1cccc2ccccc12. The van der Waals surface area contributed by atoms with Crippen LogP contribution < -0.4 is 5.32 Å². The molecule has 0 aliphatic carbocycles. The van der Waals surface area contributed by atoms with Gasteiger partial charge in [-0.1, -0.05) is 85.5 Å². The third-order valence-corrected chi connectivity index (χ3v) is 5.57. The molecule has 1 unspecified atom stereocenters. The molecule has 0 aliphatic rings. The van der Waals surface area contributed by atoms with Gasteiger partial charge in [-0.15, -0.1) is 0 Å². The van der Waals surface area contributed by atoms with Crippen LogP contribution in [-0.4, -0.2) is 11.1 Å². The normalized spacial score (nSPS) is 13.7. The maximum atomic E-state index is 11.2. The first kappa shape index (κ1) is 22.8. The maximum Gasteiger partial charge on any atom is 0.335 e. The fourth-order valence-electron chi connectivity index (χ4n) is 3.78. The molecule has 0 aliphatic heterocycles. The number of rotatable bonds is 8. The molecule has 0 heterocycles. The minimum absolute atomic E-state index is 0.00972. The van der Waals surface area contributed by atoms with E-state index in [9.17, 15) is 9.90 Å². The highest BCUT2D eigenvalue weighted by Crippen LogP contribution is 2.30. The molecule has 0 bridgehead atoms. The van der Waals surface area contributed by atoms with E-state index in [1.807, 2.05) is 24.3 Å². The monoisotopic (exact) mass is 423 g/mol. The number of fused-ring (bicyclic) bond motifs is 1. The van der Waals surface area contributed by atoms with Crippen LogP contribution in [0.2, 0.25) is 0 Å². The summed E-state index contributed by atoms with van der Waals surface area (Å²) in [7, 11) is 0. The predicted molar refractivity (Wildman–Crippen MR) is 135 cm³/mol. The van der Waals surface area contributed by atoms with Gasteiger partial charge in [-0.25, -0.2) is 4.79 Å². The van der Waals surface area contributed by atoms with Crippen LogP contribution in [0.5, 0.6) is 0 Å². The molecule has 0 saturated heterocycles. The number of hydrogen-bond donors (Lipinski definition) is 2. The third kappa shape index (κ3) is 5.25. The average Bonchev–Trinajstić information content (AvgIpc) is 2.81. The summed E-state index contributed by atoms with van der Waals surface area (Å²) in [6, 6.07) is 21.8. The molecule has 162 valence electrons. The highest BCUT2D eigenvalue weighted by molar-refractivity contribution is 5.94. The first-order valence-electron chi connectivity index (χ1n) is 10.7. The van der Waals surface area contributed by atoms with Gasteiger partial charge in [0.2, 0.25) is 0 Å². The second-order valence-corrected chi connectivity index (χ2v) is 7.79. The molecule has 0 radical (unpaired) electrons. The van der Waals surface area contributed by atoms with E-state index in [1.54, 1.807) is 18.2 Å². The number of carboxylic acids is 1. The summed E-state index contributed by atoms with van der Waals surface area (Å²) in [6.45, 7) is 10.0. The summed E-state index contributed by atoms with van der Waals surface area (Å²) in [5, 5.41) is 15.3. The van der Waals surface area contributed by atoms with Crippen LogP contribution >= 0.6 is 0 Å². The third-order valence-electron chi connectivity index (χ3n) is 5.57. The van der Waals surface area contributed by atoms with E-state index in [0.717, 1.165) is 22.4 Å². The van der Waals surface area contributed by atoms with Gasteiger partial charge >= 0.3 is 5.97 Å². The lowest BCUT2D eigenvalue weighted by atomic mass is 9.95. The minimum Gasteiger partial charge on any atom is -0.478 e. The van der Waals surface area contributed by atoms with Crippen molar-refractivity contribution in [3.63, 3.8) is 0 Å². The Bertz CT molecular complexity index is 1210. The molecule has 0 saturated carbocycles. The van der Waals surface area contributed by atoms with Gasteiger partial charge in [0.15, 0.2) is 0 Å². The Balaban J connectivity index is 2.06. The van der Waals surface area contributed by atoms with E-state index in [1.165, 1.54) is 16.3 Å². The van der Waals surface area contributed by atoms with Crippen molar-refractivity contribution in [3.05, 3.63) is 126 Å². The van der Waals surface area contributed by atoms with Crippen molar-refractivity contribution >= 4 is 22.3 Å². The summed E-state index contributed by atoms with van der Waals surface area (Å²) in [5.74, 6) is -0.919. The lowest BCUT2D eigenvalue weighted by Gasteiger charge is -2.22. The summed E-state index contributed by atoms with van der Waals surface area (Å²) >= 11 is 0. The fourth-order valence-corrected chi connectivity index (χ4v) is 3.78. The summed E-state index contributed by atoms with van der Waals surface area (Å²) in [4.78, 5) is 11.2. The molecule has 0 fully saturated rings. The van der Waals surface area contributed by atoms with Crippen LogP contribution in [0.1, 0.15) is 48.3 Å². The smallest absolute Gasteiger partial charge is 0.335 e. The molecule has 1 atom stereocenters. The van der Waals surface area contributed by atoms with Crippen LogP contribution in [0.4, 0.5) is 0 Å². The molecular formula is C29H29NO2. The fraction of sp³-hybridized carbons (Fsp3) is 0.138. The molecular weight excluding hydrogens is 394 g/mol.